The number of benzene rings is 1. The van der Waals surface area contributed by atoms with E-state index in [1.54, 1.807) is 23.7 Å². The zero-order valence-corrected chi connectivity index (χ0v) is 12.1. The summed E-state index contributed by atoms with van der Waals surface area (Å²) < 4.78 is 23.8. The van der Waals surface area contributed by atoms with E-state index < -0.39 is 9.05 Å². The lowest BCUT2D eigenvalue weighted by molar-refractivity contribution is 0.0942. The van der Waals surface area contributed by atoms with Gasteiger partial charge in [-0.1, -0.05) is 12.1 Å². The fraction of sp³-hybridized carbons (Fsp3) is 0.167. The second-order valence-electron chi connectivity index (χ2n) is 4.15. The molecule has 0 saturated heterocycles. The molecule has 1 aromatic carbocycles. The Balaban J connectivity index is 2.02. The lowest BCUT2D eigenvalue weighted by atomic mass is 10.2. The van der Waals surface area contributed by atoms with Crippen LogP contribution in [0.1, 0.15) is 16.1 Å². The normalized spacial score (nSPS) is 11.3. The van der Waals surface area contributed by atoms with Crippen molar-refractivity contribution in [1.82, 2.24) is 14.9 Å². The Hall–Kier alpha value is -1.86. The minimum Gasteiger partial charge on any atom is -0.347 e. The van der Waals surface area contributed by atoms with E-state index >= 15 is 0 Å². The van der Waals surface area contributed by atoms with E-state index in [1.807, 2.05) is 0 Å². The predicted octanol–water partition coefficient (Wildman–Crippen LogP) is 1.28. The van der Waals surface area contributed by atoms with Gasteiger partial charge in [-0.05, 0) is 17.7 Å². The summed E-state index contributed by atoms with van der Waals surface area (Å²) in [6.45, 7) is 0.284. The fourth-order valence-electron chi connectivity index (χ4n) is 1.62. The molecule has 0 aliphatic heterocycles. The Morgan fingerprint density at radius 2 is 2.00 bits per heavy atom. The highest BCUT2D eigenvalue weighted by molar-refractivity contribution is 8.13. The molecule has 1 aromatic heterocycles. The molecule has 0 spiro atoms. The first-order valence-electron chi connectivity index (χ1n) is 5.66. The third-order valence-corrected chi connectivity index (χ3v) is 4.08. The van der Waals surface area contributed by atoms with E-state index in [0.717, 1.165) is 5.56 Å². The minimum atomic E-state index is -3.72. The number of hydrogen-bond donors (Lipinski definition) is 1. The summed E-state index contributed by atoms with van der Waals surface area (Å²) in [6.07, 6.45) is 3.01. The Labute approximate surface area is 120 Å². The number of carbonyl (C=O) groups is 1. The molecule has 0 radical (unpaired) electrons. The average molecular weight is 314 g/mol. The summed E-state index contributed by atoms with van der Waals surface area (Å²) in [7, 11) is 3.22. The molecule has 0 saturated carbocycles. The van der Waals surface area contributed by atoms with E-state index in [9.17, 15) is 13.2 Å². The quantitative estimate of drug-likeness (QED) is 0.862. The van der Waals surface area contributed by atoms with E-state index in [2.05, 4.69) is 10.3 Å². The Morgan fingerprint density at radius 1 is 1.35 bits per heavy atom. The van der Waals surface area contributed by atoms with Crippen molar-refractivity contribution in [2.45, 2.75) is 11.4 Å². The summed E-state index contributed by atoms with van der Waals surface area (Å²) in [4.78, 5) is 15.7. The van der Waals surface area contributed by atoms with Crippen molar-refractivity contribution in [3.63, 3.8) is 0 Å². The van der Waals surface area contributed by atoms with E-state index in [1.165, 1.54) is 24.7 Å². The monoisotopic (exact) mass is 313 g/mol. The van der Waals surface area contributed by atoms with Gasteiger partial charge in [0, 0.05) is 24.3 Å². The molecule has 0 fully saturated rings. The lowest BCUT2D eigenvalue weighted by Crippen LogP contribution is -2.24. The molecule has 0 aliphatic rings. The van der Waals surface area contributed by atoms with Crippen LogP contribution in [-0.2, 0) is 22.6 Å². The van der Waals surface area contributed by atoms with Gasteiger partial charge in [-0.3, -0.25) is 4.79 Å². The van der Waals surface area contributed by atoms with Gasteiger partial charge in [-0.25, -0.2) is 13.4 Å². The van der Waals surface area contributed by atoms with Crippen LogP contribution >= 0.6 is 10.7 Å². The third kappa shape index (κ3) is 3.37. The molecule has 2 rings (SSSR count). The lowest BCUT2D eigenvalue weighted by Gasteiger charge is -2.06. The highest BCUT2D eigenvalue weighted by atomic mass is 35.7. The highest BCUT2D eigenvalue weighted by Gasteiger charge is 2.11. The molecule has 106 valence electrons. The van der Waals surface area contributed by atoms with Crippen LogP contribution in [0.3, 0.4) is 0 Å². The first-order valence-corrected chi connectivity index (χ1v) is 7.97. The SMILES string of the molecule is Cn1cncc1C(=O)NCc1ccc(S(=O)(=O)Cl)cc1. The second-order valence-corrected chi connectivity index (χ2v) is 6.72. The predicted molar refractivity (Wildman–Crippen MR) is 73.9 cm³/mol. The number of nitrogens with one attached hydrogen (secondary N) is 1. The number of carbonyl (C=O) groups excluding carboxylic acids is 1. The first kappa shape index (κ1) is 14.5. The van der Waals surface area contributed by atoms with Crippen LogP contribution < -0.4 is 5.32 Å². The van der Waals surface area contributed by atoms with Crippen molar-refractivity contribution < 1.29 is 13.2 Å². The molecular formula is C12H12ClN3O3S. The Kier molecular flexibility index (Phi) is 4.10. The summed E-state index contributed by atoms with van der Waals surface area (Å²) in [6, 6.07) is 5.99. The van der Waals surface area contributed by atoms with Gasteiger partial charge in [0.1, 0.15) is 5.69 Å². The molecule has 8 heteroatoms. The molecule has 0 unspecified atom stereocenters. The number of rotatable bonds is 4. The third-order valence-electron chi connectivity index (χ3n) is 2.71. The van der Waals surface area contributed by atoms with Crippen molar-refractivity contribution in [2.24, 2.45) is 7.05 Å². The molecule has 0 atom stereocenters. The maximum atomic E-state index is 11.8. The van der Waals surface area contributed by atoms with Crippen LogP contribution in [0.5, 0.6) is 0 Å². The zero-order valence-electron chi connectivity index (χ0n) is 10.6. The van der Waals surface area contributed by atoms with E-state index in [-0.39, 0.29) is 17.3 Å². The van der Waals surface area contributed by atoms with Crippen molar-refractivity contribution >= 4 is 25.6 Å². The number of halogens is 1. The van der Waals surface area contributed by atoms with Gasteiger partial charge in [-0.15, -0.1) is 0 Å². The fourth-order valence-corrected chi connectivity index (χ4v) is 2.39. The molecule has 20 heavy (non-hydrogen) atoms. The summed E-state index contributed by atoms with van der Waals surface area (Å²) in [5.41, 5.74) is 1.22. The molecule has 1 heterocycles. The molecular weight excluding hydrogens is 302 g/mol. The molecule has 0 aliphatic carbocycles. The molecule has 2 aromatic rings. The number of amides is 1. The van der Waals surface area contributed by atoms with Gasteiger partial charge in [0.2, 0.25) is 0 Å². The minimum absolute atomic E-state index is 0.0286. The summed E-state index contributed by atoms with van der Waals surface area (Å²) in [5, 5.41) is 2.72. The van der Waals surface area contributed by atoms with E-state index in [4.69, 9.17) is 10.7 Å². The van der Waals surface area contributed by atoms with Crippen molar-refractivity contribution in [1.29, 1.82) is 0 Å². The van der Waals surface area contributed by atoms with Gasteiger partial charge in [-0.2, -0.15) is 0 Å². The standard InChI is InChI=1S/C12H12ClN3O3S/c1-16-8-14-7-11(16)12(17)15-6-9-2-4-10(5-3-9)20(13,18)19/h2-5,7-8H,6H2,1H3,(H,15,17). The topological polar surface area (TPSA) is 81.1 Å². The summed E-state index contributed by atoms with van der Waals surface area (Å²) in [5.74, 6) is -0.251. The van der Waals surface area contributed by atoms with Crippen molar-refractivity contribution in [3.8, 4) is 0 Å². The van der Waals surface area contributed by atoms with Crippen LogP contribution in [0.15, 0.2) is 41.7 Å². The van der Waals surface area contributed by atoms with Crippen molar-refractivity contribution in [3.05, 3.63) is 48.0 Å². The van der Waals surface area contributed by atoms with Gasteiger partial charge >= 0.3 is 0 Å². The Bertz CT molecular complexity index is 723. The average Bonchev–Trinajstić information content (AvgIpc) is 2.82. The molecule has 6 nitrogen and oxygen atoms in total. The number of aromatic nitrogens is 2. The maximum Gasteiger partial charge on any atom is 0.269 e. The largest absolute Gasteiger partial charge is 0.347 e. The molecule has 1 amide bonds. The highest BCUT2D eigenvalue weighted by Crippen LogP contribution is 2.15. The Morgan fingerprint density at radius 3 is 2.50 bits per heavy atom. The number of hydrogen-bond acceptors (Lipinski definition) is 4. The van der Waals surface area contributed by atoms with Gasteiger partial charge in [0.25, 0.3) is 15.0 Å². The van der Waals surface area contributed by atoms with E-state index in [0.29, 0.717) is 5.69 Å². The first-order chi connectivity index (χ1) is 9.38. The van der Waals surface area contributed by atoms with Crippen LogP contribution in [0.4, 0.5) is 0 Å². The van der Waals surface area contributed by atoms with Gasteiger partial charge in [0.05, 0.1) is 17.4 Å². The van der Waals surface area contributed by atoms with Gasteiger partial charge < -0.3 is 9.88 Å². The second kappa shape index (κ2) is 5.64. The molecule has 0 bridgehead atoms. The zero-order chi connectivity index (χ0) is 14.8. The van der Waals surface area contributed by atoms with Crippen LogP contribution in [-0.4, -0.2) is 23.9 Å². The smallest absolute Gasteiger partial charge is 0.269 e. The number of imidazole rings is 1. The molecule has 1 N–H and O–H groups in total. The maximum absolute atomic E-state index is 11.8. The number of aryl methyl sites for hydroxylation is 1. The van der Waals surface area contributed by atoms with Gasteiger partial charge in [0.15, 0.2) is 0 Å². The van der Waals surface area contributed by atoms with Crippen molar-refractivity contribution in [2.75, 3.05) is 0 Å². The van der Waals surface area contributed by atoms with Crippen LogP contribution in [0.2, 0.25) is 0 Å². The summed E-state index contributed by atoms with van der Waals surface area (Å²) >= 11 is 0. The number of nitrogens with zero attached hydrogens (tertiary/aromatic N) is 2. The van der Waals surface area contributed by atoms with Crippen LogP contribution in [0.25, 0.3) is 0 Å². The van der Waals surface area contributed by atoms with Crippen LogP contribution in [0, 0.1) is 0 Å².